The van der Waals surface area contributed by atoms with Crippen LogP contribution >= 0.6 is 11.3 Å². The van der Waals surface area contributed by atoms with Gasteiger partial charge >= 0.3 is 0 Å². The Morgan fingerprint density at radius 3 is 2.05 bits per heavy atom. The third-order valence-electron chi connectivity index (χ3n) is 8.46. The van der Waals surface area contributed by atoms with Gasteiger partial charge in [0, 0.05) is 43.7 Å². The minimum Gasteiger partial charge on any atom is -0.456 e. The molecule has 2 nitrogen and oxygen atoms in total. The highest BCUT2D eigenvalue weighted by molar-refractivity contribution is 7.26. The number of para-hydroxylation sites is 1. The number of nitrogens with zero attached hydrogens (tertiary/aromatic N) is 1. The lowest BCUT2D eigenvalue weighted by Crippen LogP contribution is -2.10. The molecule has 0 radical (unpaired) electrons. The predicted octanol–water partition coefficient (Wildman–Crippen LogP) is 12.2. The van der Waals surface area contributed by atoms with Crippen LogP contribution in [0.2, 0.25) is 0 Å². The van der Waals surface area contributed by atoms with Crippen molar-refractivity contribution >= 4 is 81.3 Å². The van der Waals surface area contributed by atoms with E-state index in [1.165, 1.54) is 42.1 Å². The first kappa shape index (κ1) is 24.2. The van der Waals surface area contributed by atoms with Crippen molar-refractivity contribution in [3.63, 3.8) is 0 Å². The van der Waals surface area contributed by atoms with Gasteiger partial charge < -0.3 is 9.32 Å². The van der Waals surface area contributed by atoms with E-state index in [2.05, 4.69) is 144 Å². The van der Waals surface area contributed by atoms with Crippen molar-refractivity contribution < 1.29 is 4.42 Å². The van der Waals surface area contributed by atoms with E-state index in [9.17, 15) is 0 Å². The van der Waals surface area contributed by atoms with Crippen LogP contribution in [-0.2, 0) is 0 Å². The van der Waals surface area contributed by atoms with Gasteiger partial charge in [0.05, 0.1) is 10.4 Å². The average molecular weight is 568 g/mol. The number of rotatable bonds is 4. The summed E-state index contributed by atoms with van der Waals surface area (Å²) in [6, 6.07) is 54.2. The van der Waals surface area contributed by atoms with Gasteiger partial charge in [0.1, 0.15) is 11.2 Å². The maximum absolute atomic E-state index is 6.35. The molecule has 2 aromatic heterocycles. The van der Waals surface area contributed by atoms with Crippen LogP contribution in [0, 0.1) is 0 Å². The second-order valence-corrected chi connectivity index (χ2v) is 12.0. The number of anilines is 3. The van der Waals surface area contributed by atoms with Gasteiger partial charge in [0.15, 0.2) is 0 Å². The Bertz CT molecular complexity index is 2450. The monoisotopic (exact) mass is 567 g/mol. The van der Waals surface area contributed by atoms with Gasteiger partial charge in [-0.05, 0) is 64.4 Å². The summed E-state index contributed by atoms with van der Waals surface area (Å²) in [6.07, 6.45) is 0. The molecule has 0 aliphatic rings. The maximum atomic E-state index is 6.35. The number of benzene rings is 7. The lowest BCUT2D eigenvalue weighted by molar-refractivity contribution is 0.669. The Kier molecular flexibility index (Phi) is 5.40. The van der Waals surface area contributed by atoms with E-state index in [4.69, 9.17) is 4.42 Å². The highest BCUT2D eigenvalue weighted by Gasteiger charge is 2.20. The zero-order valence-corrected chi connectivity index (χ0v) is 24.0. The molecule has 0 aliphatic carbocycles. The Labute approximate surface area is 252 Å². The quantitative estimate of drug-likeness (QED) is 0.210. The highest BCUT2D eigenvalue weighted by Crippen LogP contribution is 2.47. The summed E-state index contributed by atoms with van der Waals surface area (Å²) in [5.74, 6) is 0. The first-order chi connectivity index (χ1) is 21.3. The lowest BCUT2D eigenvalue weighted by atomic mass is 10.0. The molecule has 7 aromatic carbocycles. The fourth-order valence-electron chi connectivity index (χ4n) is 6.44. The fraction of sp³-hybridized carbons (Fsp3) is 0. The normalized spacial score (nSPS) is 11.7. The van der Waals surface area contributed by atoms with E-state index in [0.29, 0.717) is 0 Å². The highest BCUT2D eigenvalue weighted by atomic mass is 32.1. The molecular weight excluding hydrogens is 543 g/mol. The Morgan fingerprint density at radius 1 is 0.465 bits per heavy atom. The van der Waals surface area contributed by atoms with Crippen LogP contribution < -0.4 is 4.90 Å². The molecule has 0 unspecified atom stereocenters. The Morgan fingerprint density at radius 2 is 1.16 bits per heavy atom. The molecule has 43 heavy (non-hydrogen) atoms. The van der Waals surface area contributed by atoms with Gasteiger partial charge in [-0.3, -0.25) is 0 Å². The Balaban J connectivity index is 1.29. The molecule has 202 valence electrons. The van der Waals surface area contributed by atoms with Crippen LogP contribution in [0.3, 0.4) is 0 Å². The van der Waals surface area contributed by atoms with E-state index in [1.807, 2.05) is 23.5 Å². The molecule has 0 spiro atoms. The molecule has 3 heteroatoms. The van der Waals surface area contributed by atoms with Crippen LogP contribution in [0.25, 0.3) is 64.0 Å². The SMILES string of the molecule is c1ccc(-c2ccc(N(c3ccc4c(c3)oc3ccccc34)c3cccc4c3sc3ccc5ccccc5c34)cc2)cc1. The third-order valence-corrected chi connectivity index (χ3v) is 9.65. The van der Waals surface area contributed by atoms with Gasteiger partial charge in [-0.2, -0.15) is 0 Å². The average Bonchev–Trinajstić information content (AvgIpc) is 3.64. The molecule has 0 bridgehead atoms. The predicted molar refractivity (Wildman–Crippen MR) is 184 cm³/mol. The second kappa shape index (κ2) is 9.59. The Hall–Kier alpha value is -5.38. The number of hydrogen-bond donors (Lipinski definition) is 0. The van der Waals surface area contributed by atoms with Crippen molar-refractivity contribution in [3.8, 4) is 11.1 Å². The summed E-state index contributed by atoms with van der Waals surface area (Å²) in [7, 11) is 0. The number of thiophene rings is 1. The van der Waals surface area contributed by atoms with Crippen LogP contribution in [-0.4, -0.2) is 0 Å². The lowest BCUT2D eigenvalue weighted by Gasteiger charge is -2.26. The van der Waals surface area contributed by atoms with Crippen molar-refractivity contribution in [2.45, 2.75) is 0 Å². The fourth-order valence-corrected chi connectivity index (χ4v) is 7.67. The van der Waals surface area contributed by atoms with Crippen molar-refractivity contribution in [2.75, 3.05) is 4.90 Å². The van der Waals surface area contributed by atoms with Crippen molar-refractivity contribution in [1.29, 1.82) is 0 Å². The standard InChI is InChI=1S/C40H25NOS/c1-2-9-26(10-3-1)27-17-20-29(21-18-27)41(30-22-23-33-32-13-6-7-16-36(32)42-37(33)25-30)35-15-8-14-34-39-31-12-5-4-11-28(31)19-24-38(39)43-40(34)35/h1-25H. The van der Waals surface area contributed by atoms with Gasteiger partial charge in [0.2, 0.25) is 0 Å². The zero-order chi connectivity index (χ0) is 28.3. The van der Waals surface area contributed by atoms with Crippen molar-refractivity contribution in [1.82, 2.24) is 0 Å². The minimum atomic E-state index is 0.888. The van der Waals surface area contributed by atoms with Gasteiger partial charge in [0.25, 0.3) is 0 Å². The molecule has 0 saturated heterocycles. The van der Waals surface area contributed by atoms with E-state index in [1.54, 1.807) is 0 Å². The number of hydrogen-bond acceptors (Lipinski definition) is 3. The molecule has 2 heterocycles. The molecule has 0 N–H and O–H groups in total. The van der Waals surface area contributed by atoms with E-state index in [0.717, 1.165) is 39.0 Å². The third kappa shape index (κ3) is 3.86. The topological polar surface area (TPSA) is 16.4 Å². The van der Waals surface area contributed by atoms with Crippen molar-refractivity contribution in [2.24, 2.45) is 0 Å². The van der Waals surface area contributed by atoms with Crippen LogP contribution in [0.4, 0.5) is 17.1 Å². The summed E-state index contributed by atoms with van der Waals surface area (Å²) in [6.45, 7) is 0. The number of fused-ring (bicyclic) bond motifs is 8. The van der Waals surface area contributed by atoms with Gasteiger partial charge in [-0.25, -0.2) is 0 Å². The maximum Gasteiger partial charge on any atom is 0.137 e. The van der Waals surface area contributed by atoms with Crippen molar-refractivity contribution in [3.05, 3.63) is 152 Å². The largest absolute Gasteiger partial charge is 0.456 e. The van der Waals surface area contributed by atoms with Crippen LogP contribution in [0.5, 0.6) is 0 Å². The summed E-state index contributed by atoms with van der Waals surface area (Å²) in [5, 5.41) is 7.44. The molecule has 0 fully saturated rings. The van der Waals surface area contributed by atoms with E-state index < -0.39 is 0 Å². The smallest absolute Gasteiger partial charge is 0.137 e. The molecule has 0 aliphatic heterocycles. The number of furan rings is 1. The molecular formula is C40H25NOS. The van der Waals surface area contributed by atoms with Gasteiger partial charge in [-0.15, -0.1) is 11.3 Å². The summed E-state index contributed by atoms with van der Waals surface area (Å²) >= 11 is 1.86. The summed E-state index contributed by atoms with van der Waals surface area (Å²) < 4.78 is 8.92. The zero-order valence-electron chi connectivity index (χ0n) is 23.2. The van der Waals surface area contributed by atoms with E-state index in [-0.39, 0.29) is 0 Å². The van der Waals surface area contributed by atoms with E-state index >= 15 is 0 Å². The first-order valence-corrected chi connectivity index (χ1v) is 15.3. The molecule has 9 rings (SSSR count). The van der Waals surface area contributed by atoms with Crippen LogP contribution in [0.15, 0.2) is 156 Å². The summed E-state index contributed by atoms with van der Waals surface area (Å²) in [5.41, 5.74) is 7.53. The summed E-state index contributed by atoms with van der Waals surface area (Å²) in [4.78, 5) is 2.38. The molecule has 0 amide bonds. The minimum absolute atomic E-state index is 0.888. The second-order valence-electron chi connectivity index (χ2n) is 10.9. The van der Waals surface area contributed by atoms with Crippen LogP contribution in [0.1, 0.15) is 0 Å². The van der Waals surface area contributed by atoms with Gasteiger partial charge in [-0.1, -0.05) is 103 Å². The molecule has 0 atom stereocenters. The molecule has 9 aromatic rings. The first-order valence-electron chi connectivity index (χ1n) is 14.5. The molecule has 0 saturated carbocycles.